The molecule has 23 heavy (non-hydrogen) atoms. The second kappa shape index (κ2) is 8.38. The molecule has 0 radical (unpaired) electrons. The van der Waals surface area contributed by atoms with Crippen molar-refractivity contribution in [2.45, 2.75) is 6.61 Å². The summed E-state index contributed by atoms with van der Waals surface area (Å²) in [7, 11) is 1.25. The van der Waals surface area contributed by atoms with Gasteiger partial charge in [-0.05, 0) is 17.2 Å². The van der Waals surface area contributed by atoms with Gasteiger partial charge in [-0.3, -0.25) is 5.32 Å². The van der Waals surface area contributed by atoms with E-state index in [0.29, 0.717) is 0 Å². The van der Waals surface area contributed by atoms with Gasteiger partial charge in [-0.2, -0.15) is 0 Å². The molecule has 5 nitrogen and oxygen atoms in total. The Morgan fingerprint density at radius 1 is 1.00 bits per heavy atom. The van der Waals surface area contributed by atoms with E-state index in [4.69, 9.17) is 4.74 Å². The van der Waals surface area contributed by atoms with E-state index >= 15 is 0 Å². The zero-order valence-corrected chi connectivity index (χ0v) is 12.7. The molecule has 0 aromatic heterocycles. The molecule has 0 bridgehead atoms. The van der Waals surface area contributed by atoms with Crippen molar-refractivity contribution >= 4 is 18.1 Å². The molecular formula is C18H17NO4. The van der Waals surface area contributed by atoms with E-state index in [1.807, 2.05) is 48.5 Å². The largest absolute Gasteiger partial charge is 0.464 e. The third-order valence-electron chi connectivity index (χ3n) is 2.97. The second-order valence-electron chi connectivity index (χ2n) is 4.65. The third-order valence-corrected chi connectivity index (χ3v) is 2.97. The van der Waals surface area contributed by atoms with Crippen LogP contribution in [0, 0.1) is 0 Å². The molecule has 1 N–H and O–H groups in total. The van der Waals surface area contributed by atoms with Gasteiger partial charge in [0.15, 0.2) is 0 Å². The number of nitrogens with one attached hydrogen (secondary N) is 1. The maximum absolute atomic E-state index is 11.9. The fraction of sp³-hybridized carbons (Fsp3) is 0.111. The fourth-order valence-corrected chi connectivity index (χ4v) is 1.84. The minimum atomic E-state index is -0.721. The van der Waals surface area contributed by atoms with Crippen molar-refractivity contribution in [1.29, 1.82) is 0 Å². The molecular weight excluding hydrogens is 294 g/mol. The zero-order chi connectivity index (χ0) is 16.5. The van der Waals surface area contributed by atoms with Crippen molar-refractivity contribution in [3.05, 3.63) is 77.5 Å². The topological polar surface area (TPSA) is 64.6 Å². The molecule has 118 valence electrons. The number of carbonyl (C=O) groups is 2. The van der Waals surface area contributed by atoms with E-state index in [1.165, 1.54) is 13.2 Å². The van der Waals surface area contributed by atoms with Gasteiger partial charge in [0.1, 0.15) is 12.3 Å². The monoisotopic (exact) mass is 311 g/mol. The van der Waals surface area contributed by atoms with Crippen LogP contribution in [0.5, 0.6) is 0 Å². The Balaban J connectivity index is 2.01. The number of hydrogen-bond acceptors (Lipinski definition) is 4. The van der Waals surface area contributed by atoms with Gasteiger partial charge in [0.2, 0.25) is 0 Å². The minimum absolute atomic E-state index is 0.0109. The number of methoxy groups -OCH3 is 1. The first-order valence-corrected chi connectivity index (χ1v) is 7.02. The lowest BCUT2D eigenvalue weighted by molar-refractivity contribution is -0.136. The number of ether oxygens (including phenoxy) is 2. The summed E-state index contributed by atoms with van der Waals surface area (Å²) in [6.45, 7) is 0.118. The number of carbonyl (C=O) groups excluding carboxylic acids is 2. The fourth-order valence-electron chi connectivity index (χ4n) is 1.84. The van der Waals surface area contributed by atoms with Crippen LogP contribution in [0.25, 0.3) is 6.08 Å². The standard InChI is InChI=1S/C18H17NO4/c1-22-17(20)16(12-14-8-4-2-5-9-14)19-18(21)23-13-15-10-6-3-7-11-15/h2-12H,13H2,1H3,(H,19,21). The summed E-state index contributed by atoms with van der Waals surface area (Å²) < 4.78 is 9.76. The summed E-state index contributed by atoms with van der Waals surface area (Å²) in [4.78, 5) is 23.6. The maximum atomic E-state index is 11.9. The Labute approximate surface area is 134 Å². The Bertz CT molecular complexity index is 681. The first-order chi connectivity index (χ1) is 11.2. The summed E-state index contributed by atoms with van der Waals surface area (Å²) >= 11 is 0. The molecule has 1 amide bonds. The molecule has 2 rings (SSSR count). The Morgan fingerprint density at radius 2 is 1.61 bits per heavy atom. The van der Waals surface area contributed by atoms with Gasteiger partial charge in [0, 0.05) is 0 Å². The number of alkyl carbamates (subject to hydrolysis) is 1. The summed E-state index contributed by atoms with van der Waals surface area (Å²) in [6.07, 6.45) is 0.803. The summed E-state index contributed by atoms with van der Waals surface area (Å²) in [5.41, 5.74) is 1.63. The maximum Gasteiger partial charge on any atom is 0.412 e. The highest BCUT2D eigenvalue weighted by Crippen LogP contribution is 2.07. The van der Waals surface area contributed by atoms with Gasteiger partial charge in [-0.15, -0.1) is 0 Å². The number of amides is 1. The molecule has 0 aliphatic carbocycles. The predicted molar refractivity (Wildman–Crippen MR) is 86.2 cm³/mol. The van der Waals surface area contributed by atoms with Crippen molar-refractivity contribution in [3.63, 3.8) is 0 Å². The zero-order valence-electron chi connectivity index (χ0n) is 12.7. The molecule has 0 fully saturated rings. The molecule has 0 saturated carbocycles. The highest BCUT2D eigenvalue weighted by molar-refractivity contribution is 5.96. The van der Waals surface area contributed by atoms with Crippen molar-refractivity contribution in [2.75, 3.05) is 7.11 Å². The quantitative estimate of drug-likeness (QED) is 0.680. The molecule has 0 aliphatic rings. The molecule has 0 atom stereocenters. The van der Waals surface area contributed by atoms with E-state index in [-0.39, 0.29) is 12.3 Å². The Morgan fingerprint density at radius 3 is 2.22 bits per heavy atom. The molecule has 0 unspecified atom stereocenters. The normalized spacial score (nSPS) is 10.7. The van der Waals surface area contributed by atoms with Crippen molar-refractivity contribution in [3.8, 4) is 0 Å². The lowest BCUT2D eigenvalue weighted by atomic mass is 10.2. The molecule has 5 heteroatoms. The van der Waals surface area contributed by atoms with Gasteiger partial charge >= 0.3 is 12.1 Å². The van der Waals surface area contributed by atoms with Crippen LogP contribution in [-0.4, -0.2) is 19.2 Å². The number of rotatable bonds is 5. The lowest BCUT2D eigenvalue weighted by Crippen LogP contribution is -2.28. The van der Waals surface area contributed by atoms with Gasteiger partial charge in [-0.25, -0.2) is 9.59 Å². The molecule has 0 saturated heterocycles. The van der Waals surface area contributed by atoms with Gasteiger partial charge < -0.3 is 9.47 Å². The predicted octanol–water partition coefficient (Wildman–Crippen LogP) is 3.13. The third kappa shape index (κ3) is 5.32. The second-order valence-corrected chi connectivity index (χ2v) is 4.65. The smallest absolute Gasteiger partial charge is 0.412 e. The van der Waals surface area contributed by atoms with Crippen LogP contribution in [-0.2, 0) is 20.9 Å². The summed E-state index contributed by atoms with van der Waals surface area (Å²) in [5.74, 6) is -0.648. The molecule has 0 heterocycles. The van der Waals surface area contributed by atoms with Gasteiger partial charge in [-0.1, -0.05) is 60.7 Å². The Hall–Kier alpha value is -3.08. The average Bonchev–Trinajstić information content (AvgIpc) is 2.60. The van der Waals surface area contributed by atoms with E-state index in [1.54, 1.807) is 12.1 Å². The van der Waals surface area contributed by atoms with Crippen LogP contribution in [0.4, 0.5) is 4.79 Å². The van der Waals surface area contributed by atoms with Crippen LogP contribution in [0.2, 0.25) is 0 Å². The van der Waals surface area contributed by atoms with Gasteiger partial charge in [0.05, 0.1) is 7.11 Å². The van der Waals surface area contributed by atoms with Crippen LogP contribution in [0.1, 0.15) is 11.1 Å². The minimum Gasteiger partial charge on any atom is -0.464 e. The summed E-state index contributed by atoms with van der Waals surface area (Å²) in [5, 5.41) is 2.41. The first kappa shape index (κ1) is 16.3. The van der Waals surface area contributed by atoms with Crippen LogP contribution in [0.15, 0.2) is 66.4 Å². The Kier molecular flexibility index (Phi) is 5.94. The van der Waals surface area contributed by atoms with Crippen LogP contribution < -0.4 is 5.32 Å². The first-order valence-electron chi connectivity index (χ1n) is 7.02. The van der Waals surface area contributed by atoms with E-state index < -0.39 is 12.1 Å². The SMILES string of the molecule is COC(=O)C(=Cc1ccccc1)NC(=O)OCc1ccccc1. The van der Waals surface area contributed by atoms with Crippen LogP contribution in [0.3, 0.4) is 0 Å². The molecule has 0 aliphatic heterocycles. The summed E-state index contributed by atoms with van der Waals surface area (Å²) in [6, 6.07) is 18.4. The number of hydrogen-bond donors (Lipinski definition) is 1. The molecule has 2 aromatic rings. The van der Waals surface area contributed by atoms with E-state index in [0.717, 1.165) is 11.1 Å². The van der Waals surface area contributed by atoms with Crippen molar-refractivity contribution < 1.29 is 19.1 Å². The van der Waals surface area contributed by atoms with Gasteiger partial charge in [0.25, 0.3) is 0 Å². The number of esters is 1. The van der Waals surface area contributed by atoms with Crippen LogP contribution >= 0.6 is 0 Å². The number of benzene rings is 2. The van der Waals surface area contributed by atoms with Crippen molar-refractivity contribution in [1.82, 2.24) is 5.32 Å². The van der Waals surface area contributed by atoms with E-state index in [2.05, 4.69) is 10.1 Å². The highest BCUT2D eigenvalue weighted by Gasteiger charge is 2.14. The molecule has 0 spiro atoms. The lowest BCUT2D eigenvalue weighted by Gasteiger charge is -2.09. The average molecular weight is 311 g/mol. The highest BCUT2D eigenvalue weighted by atomic mass is 16.6. The van der Waals surface area contributed by atoms with E-state index in [9.17, 15) is 9.59 Å². The van der Waals surface area contributed by atoms with Crippen molar-refractivity contribution in [2.24, 2.45) is 0 Å². The molecule has 2 aromatic carbocycles.